The van der Waals surface area contributed by atoms with Crippen molar-refractivity contribution < 1.29 is 4.79 Å². The number of aromatic nitrogens is 4. The number of aryl methyl sites for hydroxylation is 1. The van der Waals surface area contributed by atoms with E-state index >= 15 is 0 Å². The van der Waals surface area contributed by atoms with Crippen molar-refractivity contribution >= 4 is 16.8 Å². The van der Waals surface area contributed by atoms with Crippen molar-refractivity contribution in [1.82, 2.24) is 24.2 Å². The minimum Gasteiger partial charge on any atom is -0.334 e. The van der Waals surface area contributed by atoms with Crippen molar-refractivity contribution in [2.24, 2.45) is 0 Å². The zero-order chi connectivity index (χ0) is 18.4. The normalized spacial score (nSPS) is 21.3. The van der Waals surface area contributed by atoms with Crippen LogP contribution in [0, 0.1) is 0 Å². The lowest BCUT2D eigenvalue weighted by atomic mass is 10.1. The molecular weight excluding hydrogens is 342 g/mol. The van der Waals surface area contributed by atoms with Gasteiger partial charge in [-0.3, -0.25) is 18.8 Å². The van der Waals surface area contributed by atoms with Gasteiger partial charge in [-0.25, -0.2) is 4.98 Å². The third kappa shape index (κ3) is 2.74. The Labute approximate surface area is 156 Å². The number of amides is 1. The molecule has 5 rings (SSSR count). The molecule has 7 heteroatoms. The Hall–Kier alpha value is -2.96. The minimum absolute atomic E-state index is 0.00656. The van der Waals surface area contributed by atoms with Crippen molar-refractivity contribution in [2.45, 2.75) is 50.9 Å². The fourth-order valence-corrected chi connectivity index (χ4v) is 4.50. The Kier molecular flexibility index (Phi) is 3.81. The first-order chi connectivity index (χ1) is 13.2. The number of nitrogens with zero attached hydrogens (tertiary/aromatic N) is 5. The summed E-state index contributed by atoms with van der Waals surface area (Å²) in [6.07, 6.45) is 6.58. The van der Waals surface area contributed by atoms with Gasteiger partial charge in [-0.2, -0.15) is 5.10 Å². The number of carbonyl (C=O) groups excluding carboxylic acids is 1. The minimum atomic E-state index is 0.00656. The lowest BCUT2D eigenvalue weighted by Crippen LogP contribution is -2.42. The summed E-state index contributed by atoms with van der Waals surface area (Å²) in [5.74, 6) is 0.944. The van der Waals surface area contributed by atoms with E-state index in [4.69, 9.17) is 4.98 Å². The molecule has 2 bridgehead atoms. The van der Waals surface area contributed by atoms with E-state index in [1.54, 1.807) is 15.4 Å². The number of para-hydroxylation sites is 1. The summed E-state index contributed by atoms with van der Waals surface area (Å²) in [5, 5.41) is 4.82. The van der Waals surface area contributed by atoms with Crippen molar-refractivity contribution in [3.05, 3.63) is 58.9 Å². The second-order valence-corrected chi connectivity index (χ2v) is 7.37. The van der Waals surface area contributed by atoms with Crippen molar-refractivity contribution in [3.8, 4) is 0 Å². The van der Waals surface area contributed by atoms with Gasteiger partial charge in [0.1, 0.15) is 5.82 Å². The predicted molar refractivity (Wildman–Crippen MR) is 100 cm³/mol. The second kappa shape index (κ2) is 6.33. The van der Waals surface area contributed by atoms with Crippen LogP contribution in [0.1, 0.15) is 25.1 Å². The van der Waals surface area contributed by atoms with Gasteiger partial charge in [0.2, 0.25) is 5.91 Å². The molecule has 0 N–H and O–H groups in total. The standard InChI is InChI=1S/C20H21N5O2/c26-19(8-11-23-10-3-9-21-23)25-14-6-7-15(25)13-24-18(12-14)22-17-5-2-1-4-16(17)20(24)27/h1-5,9-10,14-15H,6-8,11-13H2/t14-,15-/m0/s1. The maximum Gasteiger partial charge on any atom is 0.261 e. The molecule has 27 heavy (non-hydrogen) atoms. The average Bonchev–Trinajstić information content (AvgIpc) is 3.28. The molecule has 0 saturated carbocycles. The zero-order valence-corrected chi connectivity index (χ0v) is 15.0. The smallest absolute Gasteiger partial charge is 0.261 e. The van der Waals surface area contributed by atoms with Gasteiger partial charge in [-0.15, -0.1) is 0 Å². The van der Waals surface area contributed by atoms with Gasteiger partial charge in [0, 0.05) is 44.4 Å². The van der Waals surface area contributed by atoms with E-state index < -0.39 is 0 Å². The Morgan fingerprint density at radius 2 is 2.00 bits per heavy atom. The molecule has 2 atom stereocenters. The topological polar surface area (TPSA) is 73.0 Å². The lowest BCUT2D eigenvalue weighted by Gasteiger charge is -2.27. The summed E-state index contributed by atoms with van der Waals surface area (Å²) in [6, 6.07) is 9.54. The molecule has 2 aliphatic rings. The predicted octanol–water partition coefficient (Wildman–Crippen LogP) is 1.60. The van der Waals surface area contributed by atoms with Crippen molar-refractivity contribution in [1.29, 1.82) is 0 Å². The first-order valence-electron chi connectivity index (χ1n) is 9.48. The molecule has 1 amide bonds. The molecule has 0 unspecified atom stereocenters. The maximum absolute atomic E-state index is 13.0. The quantitative estimate of drug-likeness (QED) is 0.709. The fraction of sp³-hybridized carbons (Fsp3) is 0.400. The van der Waals surface area contributed by atoms with Crippen LogP contribution in [0.5, 0.6) is 0 Å². The molecule has 2 aliphatic heterocycles. The molecule has 0 spiro atoms. The molecule has 2 aromatic heterocycles. The second-order valence-electron chi connectivity index (χ2n) is 7.37. The van der Waals surface area contributed by atoms with Gasteiger partial charge in [0.05, 0.1) is 16.9 Å². The molecule has 3 aromatic rings. The maximum atomic E-state index is 13.0. The van der Waals surface area contributed by atoms with E-state index in [0.29, 0.717) is 31.3 Å². The molecule has 0 radical (unpaired) electrons. The van der Waals surface area contributed by atoms with E-state index in [0.717, 1.165) is 24.2 Å². The molecule has 0 aliphatic carbocycles. The van der Waals surface area contributed by atoms with Gasteiger partial charge in [0.25, 0.3) is 5.56 Å². The van der Waals surface area contributed by atoms with Gasteiger partial charge in [-0.1, -0.05) is 12.1 Å². The third-order valence-electron chi connectivity index (χ3n) is 5.77. The Morgan fingerprint density at radius 3 is 2.85 bits per heavy atom. The highest BCUT2D eigenvalue weighted by molar-refractivity contribution is 5.78. The highest BCUT2D eigenvalue weighted by atomic mass is 16.2. The molecule has 1 saturated heterocycles. The number of benzene rings is 1. The number of rotatable bonds is 3. The van der Waals surface area contributed by atoms with Gasteiger partial charge in [0.15, 0.2) is 0 Å². The molecule has 138 valence electrons. The monoisotopic (exact) mass is 363 g/mol. The van der Waals surface area contributed by atoms with Crippen LogP contribution in [-0.4, -0.2) is 42.2 Å². The Morgan fingerprint density at radius 1 is 1.15 bits per heavy atom. The number of hydrogen-bond donors (Lipinski definition) is 0. The number of hydrogen-bond acceptors (Lipinski definition) is 4. The first kappa shape index (κ1) is 16.2. The molecular formula is C20H21N5O2. The van der Waals surface area contributed by atoms with E-state index in [-0.39, 0.29) is 23.6 Å². The average molecular weight is 363 g/mol. The van der Waals surface area contributed by atoms with E-state index in [1.165, 1.54) is 0 Å². The largest absolute Gasteiger partial charge is 0.334 e. The van der Waals surface area contributed by atoms with Gasteiger partial charge >= 0.3 is 0 Å². The highest BCUT2D eigenvalue weighted by Crippen LogP contribution is 2.31. The van der Waals surface area contributed by atoms with Crippen LogP contribution in [0.15, 0.2) is 47.5 Å². The van der Waals surface area contributed by atoms with Gasteiger partial charge in [-0.05, 0) is 31.0 Å². The molecule has 4 heterocycles. The van der Waals surface area contributed by atoms with Crippen molar-refractivity contribution in [3.63, 3.8) is 0 Å². The van der Waals surface area contributed by atoms with Crippen LogP contribution < -0.4 is 5.56 Å². The molecule has 7 nitrogen and oxygen atoms in total. The van der Waals surface area contributed by atoms with Crippen molar-refractivity contribution in [2.75, 3.05) is 0 Å². The highest BCUT2D eigenvalue weighted by Gasteiger charge is 2.40. The Balaban J connectivity index is 1.45. The summed E-state index contributed by atoms with van der Waals surface area (Å²) >= 11 is 0. The van der Waals surface area contributed by atoms with E-state index in [2.05, 4.69) is 5.10 Å². The summed E-state index contributed by atoms with van der Waals surface area (Å²) in [6.45, 7) is 1.12. The molecule has 1 aromatic carbocycles. The van der Waals surface area contributed by atoms with Crippen LogP contribution in [0.25, 0.3) is 10.9 Å². The van der Waals surface area contributed by atoms with Crippen LogP contribution in [0.4, 0.5) is 0 Å². The van der Waals surface area contributed by atoms with Crippen LogP contribution in [0.2, 0.25) is 0 Å². The van der Waals surface area contributed by atoms with Gasteiger partial charge < -0.3 is 4.90 Å². The van der Waals surface area contributed by atoms with Crippen LogP contribution in [-0.2, 0) is 24.3 Å². The molecule has 1 fully saturated rings. The van der Waals surface area contributed by atoms with E-state index in [9.17, 15) is 9.59 Å². The summed E-state index contributed by atoms with van der Waals surface area (Å²) in [5.41, 5.74) is 0.746. The first-order valence-corrected chi connectivity index (χ1v) is 9.48. The fourth-order valence-electron chi connectivity index (χ4n) is 4.50. The third-order valence-corrected chi connectivity index (χ3v) is 5.77. The lowest BCUT2D eigenvalue weighted by molar-refractivity contribution is -0.134. The summed E-state index contributed by atoms with van der Waals surface area (Å²) < 4.78 is 3.57. The van der Waals surface area contributed by atoms with Crippen LogP contribution >= 0.6 is 0 Å². The summed E-state index contributed by atoms with van der Waals surface area (Å²) in [7, 11) is 0. The van der Waals surface area contributed by atoms with E-state index in [1.807, 2.05) is 41.4 Å². The van der Waals surface area contributed by atoms with Crippen LogP contribution in [0.3, 0.4) is 0 Å². The Bertz CT molecular complexity index is 1060. The number of fused-ring (bicyclic) bond motifs is 4. The SMILES string of the molecule is O=C(CCn1cccn1)N1[C@H]2CC[C@H]1Cn1c(nc3ccccc3c1=O)C2. The summed E-state index contributed by atoms with van der Waals surface area (Å²) in [4.78, 5) is 32.7. The number of carbonyl (C=O) groups is 1. The zero-order valence-electron chi connectivity index (χ0n) is 15.0.